The zero-order valence-electron chi connectivity index (χ0n) is 14.2. The number of fused-ring (bicyclic) bond motifs is 3. The van der Waals surface area contributed by atoms with Gasteiger partial charge in [0.25, 0.3) is 0 Å². The fourth-order valence-electron chi connectivity index (χ4n) is 3.46. The van der Waals surface area contributed by atoms with Crippen LogP contribution in [0.2, 0.25) is 0 Å². The number of aromatic nitrogens is 2. The van der Waals surface area contributed by atoms with Crippen molar-refractivity contribution in [3.8, 4) is 0 Å². The van der Waals surface area contributed by atoms with Crippen molar-refractivity contribution in [3.63, 3.8) is 0 Å². The van der Waals surface area contributed by atoms with E-state index in [2.05, 4.69) is 27.7 Å². The molecular formula is C19H21N3O2S. The molecule has 5 nitrogen and oxygen atoms in total. The van der Waals surface area contributed by atoms with Crippen LogP contribution in [0.3, 0.4) is 0 Å². The molecule has 25 heavy (non-hydrogen) atoms. The zero-order valence-corrected chi connectivity index (χ0v) is 15.0. The molecule has 0 fully saturated rings. The Kier molecular flexibility index (Phi) is 4.09. The second-order valence-electron chi connectivity index (χ2n) is 6.65. The summed E-state index contributed by atoms with van der Waals surface area (Å²) in [5, 5.41) is 0. The Morgan fingerprint density at radius 1 is 1.04 bits per heavy atom. The molecular weight excluding hydrogens is 334 g/mol. The summed E-state index contributed by atoms with van der Waals surface area (Å²) in [7, 11) is -3.14. The van der Waals surface area contributed by atoms with Crippen LogP contribution in [0.1, 0.15) is 17.8 Å². The molecule has 2 aromatic carbocycles. The van der Waals surface area contributed by atoms with Crippen molar-refractivity contribution in [1.82, 2.24) is 14.5 Å². The molecule has 4 rings (SSSR count). The summed E-state index contributed by atoms with van der Waals surface area (Å²) in [5.41, 5.74) is 3.38. The molecule has 6 heteroatoms. The maximum absolute atomic E-state index is 11.6. The molecule has 0 aliphatic carbocycles. The summed E-state index contributed by atoms with van der Waals surface area (Å²) < 4.78 is 25.5. The number of benzene rings is 2. The number of hydrogen-bond donors (Lipinski definition) is 0. The number of nitrogens with zero attached hydrogens (tertiary/aromatic N) is 3. The van der Waals surface area contributed by atoms with E-state index in [-0.39, 0.29) is 0 Å². The van der Waals surface area contributed by atoms with Crippen molar-refractivity contribution in [2.24, 2.45) is 0 Å². The minimum Gasteiger partial charge on any atom is -0.327 e. The Morgan fingerprint density at radius 2 is 1.80 bits per heavy atom. The van der Waals surface area contributed by atoms with Crippen LogP contribution in [0, 0.1) is 0 Å². The largest absolute Gasteiger partial charge is 0.327 e. The number of imidazole rings is 1. The zero-order chi connectivity index (χ0) is 17.4. The van der Waals surface area contributed by atoms with Crippen LogP contribution in [-0.2, 0) is 29.5 Å². The molecule has 0 amide bonds. The van der Waals surface area contributed by atoms with E-state index >= 15 is 0 Å². The molecule has 2 heterocycles. The molecule has 0 saturated carbocycles. The van der Waals surface area contributed by atoms with Gasteiger partial charge in [0, 0.05) is 25.9 Å². The first-order valence-electron chi connectivity index (χ1n) is 8.46. The molecule has 1 aromatic heterocycles. The fraction of sp³-hybridized carbons (Fsp3) is 0.316. The molecule has 0 atom stereocenters. The van der Waals surface area contributed by atoms with E-state index in [1.165, 1.54) is 11.8 Å². The number of hydrogen-bond acceptors (Lipinski definition) is 4. The summed E-state index contributed by atoms with van der Waals surface area (Å²) >= 11 is 0. The molecule has 3 aromatic rings. The van der Waals surface area contributed by atoms with E-state index in [9.17, 15) is 8.42 Å². The number of rotatable bonds is 3. The number of aryl methyl sites for hydroxylation is 1. The summed E-state index contributed by atoms with van der Waals surface area (Å²) in [5.74, 6) is 1.10. The van der Waals surface area contributed by atoms with E-state index in [4.69, 9.17) is 4.98 Å². The number of para-hydroxylation sites is 2. The lowest BCUT2D eigenvalue weighted by Gasteiger charge is -2.19. The Labute approximate surface area is 147 Å². The fourth-order valence-corrected chi connectivity index (χ4v) is 4.09. The van der Waals surface area contributed by atoms with Gasteiger partial charge in [-0.2, -0.15) is 0 Å². The summed E-state index contributed by atoms with van der Waals surface area (Å²) in [6.07, 6.45) is 2.32. The Hall–Kier alpha value is -2.18. The molecule has 0 radical (unpaired) electrons. The molecule has 0 unspecified atom stereocenters. The lowest BCUT2D eigenvalue weighted by atomic mass is 10.2. The molecule has 0 bridgehead atoms. The number of sulfone groups is 1. The van der Waals surface area contributed by atoms with Gasteiger partial charge in [0.05, 0.1) is 22.5 Å². The highest BCUT2D eigenvalue weighted by Gasteiger charge is 2.18. The lowest BCUT2D eigenvalue weighted by Crippen LogP contribution is -2.23. The molecule has 1 aliphatic heterocycles. The lowest BCUT2D eigenvalue weighted by molar-refractivity contribution is 0.258. The summed E-state index contributed by atoms with van der Waals surface area (Å²) in [6, 6.07) is 15.5. The van der Waals surface area contributed by atoms with Crippen LogP contribution in [0.25, 0.3) is 11.0 Å². The van der Waals surface area contributed by atoms with Crippen molar-refractivity contribution in [2.75, 3.05) is 12.8 Å². The van der Waals surface area contributed by atoms with Gasteiger partial charge in [-0.1, -0.05) is 24.3 Å². The predicted molar refractivity (Wildman–Crippen MR) is 98.0 cm³/mol. The first kappa shape index (κ1) is 16.3. The minimum absolute atomic E-state index is 0.369. The minimum atomic E-state index is -3.14. The van der Waals surface area contributed by atoms with Crippen LogP contribution in [0.15, 0.2) is 53.4 Å². The topological polar surface area (TPSA) is 55.2 Å². The van der Waals surface area contributed by atoms with Gasteiger partial charge in [-0.05, 0) is 36.2 Å². The maximum Gasteiger partial charge on any atom is 0.175 e. The molecule has 130 valence electrons. The molecule has 1 aliphatic rings. The van der Waals surface area contributed by atoms with Crippen molar-refractivity contribution in [1.29, 1.82) is 0 Å². The monoisotopic (exact) mass is 355 g/mol. The molecule has 0 N–H and O–H groups in total. The van der Waals surface area contributed by atoms with Crippen molar-refractivity contribution < 1.29 is 8.42 Å². The highest BCUT2D eigenvalue weighted by Crippen LogP contribution is 2.22. The van der Waals surface area contributed by atoms with Crippen LogP contribution < -0.4 is 0 Å². The van der Waals surface area contributed by atoms with Crippen LogP contribution in [0.4, 0.5) is 0 Å². The van der Waals surface area contributed by atoms with Crippen LogP contribution >= 0.6 is 0 Å². The van der Waals surface area contributed by atoms with E-state index < -0.39 is 9.84 Å². The van der Waals surface area contributed by atoms with Crippen LogP contribution in [-0.4, -0.2) is 35.7 Å². The highest BCUT2D eigenvalue weighted by molar-refractivity contribution is 7.90. The SMILES string of the molecule is CS(=O)(=O)c1ccc(CN2CCCn3c(nc4ccccc43)C2)cc1. The Balaban J connectivity index is 1.55. The molecule has 0 spiro atoms. The Bertz CT molecular complexity index is 1010. The van der Waals surface area contributed by atoms with Gasteiger partial charge in [0.15, 0.2) is 9.84 Å². The molecule has 0 saturated heterocycles. The summed E-state index contributed by atoms with van der Waals surface area (Å²) in [4.78, 5) is 7.54. The second-order valence-corrected chi connectivity index (χ2v) is 8.66. The van der Waals surface area contributed by atoms with Crippen molar-refractivity contribution in [2.45, 2.75) is 31.0 Å². The van der Waals surface area contributed by atoms with Gasteiger partial charge in [0.2, 0.25) is 0 Å². The normalized spacial score (nSPS) is 15.9. The second kappa shape index (κ2) is 6.28. The third-order valence-electron chi connectivity index (χ3n) is 4.71. The van der Waals surface area contributed by atoms with E-state index in [1.807, 2.05) is 18.2 Å². The quantitative estimate of drug-likeness (QED) is 0.725. The van der Waals surface area contributed by atoms with E-state index in [0.717, 1.165) is 49.5 Å². The van der Waals surface area contributed by atoms with Gasteiger partial charge in [-0.3, -0.25) is 4.90 Å². The summed E-state index contributed by atoms with van der Waals surface area (Å²) in [6.45, 7) is 3.60. The maximum atomic E-state index is 11.6. The third kappa shape index (κ3) is 3.32. The Morgan fingerprint density at radius 3 is 2.56 bits per heavy atom. The van der Waals surface area contributed by atoms with Gasteiger partial charge in [-0.15, -0.1) is 0 Å². The van der Waals surface area contributed by atoms with Gasteiger partial charge in [-0.25, -0.2) is 13.4 Å². The third-order valence-corrected chi connectivity index (χ3v) is 5.84. The first-order valence-corrected chi connectivity index (χ1v) is 10.4. The van der Waals surface area contributed by atoms with Crippen molar-refractivity contribution >= 4 is 20.9 Å². The standard InChI is InChI=1S/C19H21N3O2S/c1-25(23,24)16-9-7-15(8-10-16)13-21-11-4-12-22-18-6-3-2-5-17(18)20-19(22)14-21/h2-3,5-10H,4,11-14H2,1H3. The smallest absolute Gasteiger partial charge is 0.175 e. The average molecular weight is 355 g/mol. The van der Waals surface area contributed by atoms with E-state index in [0.29, 0.717) is 4.90 Å². The first-order chi connectivity index (χ1) is 12.0. The van der Waals surface area contributed by atoms with Gasteiger partial charge >= 0.3 is 0 Å². The van der Waals surface area contributed by atoms with Gasteiger partial charge < -0.3 is 4.57 Å². The predicted octanol–water partition coefficient (Wildman–Crippen LogP) is 2.85. The highest BCUT2D eigenvalue weighted by atomic mass is 32.2. The van der Waals surface area contributed by atoms with E-state index in [1.54, 1.807) is 12.1 Å². The average Bonchev–Trinajstić information content (AvgIpc) is 2.80. The van der Waals surface area contributed by atoms with Gasteiger partial charge in [0.1, 0.15) is 5.82 Å². The van der Waals surface area contributed by atoms with Crippen molar-refractivity contribution in [3.05, 3.63) is 59.9 Å². The van der Waals surface area contributed by atoms with Crippen LogP contribution in [0.5, 0.6) is 0 Å².